The molecule has 1 aliphatic rings. The lowest BCUT2D eigenvalue weighted by Crippen LogP contribution is -2.15. The molecule has 0 aromatic heterocycles. The average Bonchev–Trinajstić information content (AvgIpc) is 2.99. The highest BCUT2D eigenvalue weighted by atomic mass is 19.1. The fourth-order valence-electron chi connectivity index (χ4n) is 6.46. The Hall–Kier alpha value is -2.59. The normalized spacial score (nSPS) is 17.1. The van der Waals surface area contributed by atoms with Gasteiger partial charge in [-0.25, -0.2) is 4.39 Å². The van der Waals surface area contributed by atoms with E-state index >= 15 is 4.39 Å². The summed E-state index contributed by atoms with van der Waals surface area (Å²) < 4.78 is 15.3. The van der Waals surface area contributed by atoms with Crippen LogP contribution in [0.2, 0.25) is 0 Å². The van der Waals surface area contributed by atoms with Crippen LogP contribution in [-0.4, -0.2) is 0 Å². The second kappa shape index (κ2) is 16.6. The number of benzene rings is 3. The third-order valence-electron chi connectivity index (χ3n) is 9.16. The minimum Gasteiger partial charge on any atom is -0.205 e. The lowest BCUT2D eigenvalue weighted by atomic mass is 9.77. The maximum atomic E-state index is 15.3. The van der Waals surface area contributed by atoms with Crippen LogP contribution in [0.4, 0.5) is 4.39 Å². The van der Waals surface area contributed by atoms with Crippen LogP contribution in [0.25, 0.3) is 10.8 Å². The number of hydrogen-bond acceptors (Lipinski definition) is 0. The molecular formula is C39H51F. The summed E-state index contributed by atoms with van der Waals surface area (Å²) in [7, 11) is 0. The summed E-state index contributed by atoms with van der Waals surface area (Å²) in [5.41, 5.74) is 4.11. The monoisotopic (exact) mass is 538 g/mol. The van der Waals surface area contributed by atoms with E-state index in [1.807, 2.05) is 18.2 Å². The van der Waals surface area contributed by atoms with Crippen molar-refractivity contribution in [3.8, 4) is 11.8 Å². The number of rotatable bonds is 14. The van der Waals surface area contributed by atoms with Crippen LogP contribution >= 0.6 is 0 Å². The highest BCUT2D eigenvalue weighted by molar-refractivity contribution is 5.85. The zero-order chi connectivity index (χ0) is 28.0. The molecule has 0 radical (unpaired) electrons. The fraction of sp³-hybridized carbons (Fsp3) is 0.538. The molecule has 1 aliphatic carbocycles. The lowest BCUT2D eigenvalue weighted by molar-refractivity contribution is 0.249. The summed E-state index contributed by atoms with van der Waals surface area (Å²) in [5, 5.41) is 1.66. The number of unbranched alkanes of at least 4 members (excludes halogenated alkanes) is 7. The van der Waals surface area contributed by atoms with E-state index in [1.165, 1.54) is 107 Å². The van der Waals surface area contributed by atoms with Crippen LogP contribution in [0.15, 0.2) is 54.6 Å². The first-order valence-corrected chi connectivity index (χ1v) is 16.5. The molecule has 40 heavy (non-hydrogen) atoms. The van der Waals surface area contributed by atoms with Gasteiger partial charge in [0.25, 0.3) is 0 Å². The first-order chi connectivity index (χ1) is 19.7. The van der Waals surface area contributed by atoms with E-state index in [4.69, 9.17) is 0 Å². The molecule has 0 saturated heterocycles. The maximum Gasteiger partial charge on any atom is 0.146 e. The van der Waals surface area contributed by atoms with Gasteiger partial charge in [0.1, 0.15) is 5.82 Å². The summed E-state index contributed by atoms with van der Waals surface area (Å²) in [6.45, 7) is 4.54. The van der Waals surface area contributed by atoms with Crippen molar-refractivity contribution in [1.29, 1.82) is 0 Å². The molecule has 0 unspecified atom stereocenters. The van der Waals surface area contributed by atoms with Gasteiger partial charge < -0.3 is 0 Å². The largest absolute Gasteiger partial charge is 0.205 e. The number of hydrogen-bond donors (Lipinski definition) is 0. The first kappa shape index (κ1) is 30.4. The Morgan fingerprint density at radius 1 is 0.625 bits per heavy atom. The SMILES string of the molecule is CCCCCCCc1ccc(C#Cc2ccc3cc(CCC4CCC(CCCCCC)CC4)ccc3c2F)cc1. The third-order valence-corrected chi connectivity index (χ3v) is 9.16. The molecule has 3 aromatic rings. The molecule has 0 bridgehead atoms. The van der Waals surface area contributed by atoms with Crippen molar-refractivity contribution in [3.05, 3.63) is 82.7 Å². The molecule has 0 atom stereocenters. The van der Waals surface area contributed by atoms with Crippen molar-refractivity contribution < 1.29 is 4.39 Å². The maximum absolute atomic E-state index is 15.3. The van der Waals surface area contributed by atoms with E-state index < -0.39 is 0 Å². The van der Waals surface area contributed by atoms with Crippen molar-refractivity contribution in [2.24, 2.45) is 11.8 Å². The number of fused-ring (bicyclic) bond motifs is 1. The number of halogens is 1. The van der Waals surface area contributed by atoms with Crippen LogP contribution in [0.1, 0.15) is 132 Å². The lowest BCUT2D eigenvalue weighted by Gasteiger charge is -2.28. The minimum atomic E-state index is -0.197. The Balaban J connectivity index is 1.27. The van der Waals surface area contributed by atoms with Crippen LogP contribution < -0.4 is 0 Å². The minimum absolute atomic E-state index is 0.197. The Morgan fingerprint density at radius 2 is 1.27 bits per heavy atom. The van der Waals surface area contributed by atoms with Gasteiger partial charge in [0.2, 0.25) is 0 Å². The van der Waals surface area contributed by atoms with Crippen molar-refractivity contribution in [3.63, 3.8) is 0 Å². The fourth-order valence-corrected chi connectivity index (χ4v) is 6.46. The standard InChI is InChI=1S/C39H51F/c1-3-5-7-9-11-13-32-16-20-34(21-17-32)24-26-36-27-28-37-30-35(25-29-38(37)39(36)40)23-22-33-18-14-31(15-19-33)12-10-8-6-4-2/h16-17,20-21,25,27-31,33H,3-15,18-19,22-23H2,1-2H3. The van der Waals surface area contributed by atoms with Gasteiger partial charge in [-0.1, -0.05) is 146 Å². The van der Waals surface area contributed by atoms with Gasteiger partial charge in [0.15, 0.2) is 0 Å². The van der Waals surface area contributed by atoms with E-state index in [2.05, 4.69) is 62.1 Å². The Labute approximate surface area is 244 Å². The van der Waals surface area contributed by atoms with Crippen molar-refractivity contribution in [2.45, 2.75) is 123 Å². The zero-order valence-corrected chi connectivity index (χ0v) is 25.2. The van der Waals surface area contributed by atoms with Crippen LogP contribution in [-0.2, 0) is 12.8 Å². The van der Waals surface area contributed by atoms with Gasteiger partial charge in [0.05, 0.1) is 5.56 Å². The van der Waals surface area contributed by atoms with Gasteiger partial charge in [-0.15, -0.1) is 0 Å². The van der Waals surface area contributed by atoms with E-state index in [1.54, 1.807) is 0 Å². The van der Waals surface area contributed by atoms with Crippen molar-refractivity contribution >= 4 is 10.8 Å². The summed E-state index contributed by atoms with van der Waals surface area (Å²) in [4.78, 5) is 0. The molecular weight excluding hydrogens is 487 g/mol. The molecule has 1 saturated carbocycles. The van der Waals surface area contributed by atoms with Gasteiger partial charge in [-0.3, -0.25) is 0 Å². The predicted octanol–water partition coefficient (Wildman–Crippen LogP) is 11.6. The van der Waals surface area contributed by atoms with Gasteiger partial charge in [-0.05, 0) is 72.2 Å². The summed E-state index contributed by atoms with van der Waals surface area (Å²) in [6, 6.07) is 18.6. The molecule has 4 rings (SSSR count). The molecule has 214 valence electrons. The second-order valence-electron chi connectivity index (χ2n) is 12.4. The van der Waals surface area contributed by atoms with Crippen LogP contribution in [0.5, 0.6) is 0 Å². The molecule has 0 spiro atoms. The third kappa shape index (κ3) is 9.51. The molecule has 0 N–H and O–H groups in total. The average molecular weight is 539 g/mol. The Kier molecular flexibility index (Phi) is 12.6. The predicted molar refractivity (Wildman–Crippen MR) is 171 cm³/mol. The molecule has 0 amide bonds. The zero-order valence-electron chi connectivity index (χ0n) is 25.2. The first-order valence-electron chi connectivity index (χ1n) is 16.5. The molecule has 1 fully saturated rings. The van der Waals surface area contributed by atoms with E-state index in [0.29, 0.717) is 10.9 Å². The Bertz CT molecular complexity index is 1220. The van der Waals surface area contributed by atoms with Crippen LogP contribution in [0.3, 0.4) is 0 Å². The number of aryl methyl sites for hydroxylation is 2. The van der Waals surface area contributed by atoms with Crippen molar-refractivity contribution in [2.75, 3.05) is 0 Å². The Morgan fingerprint density at radius 3 is 2.00 bits per heavy atom. The summed E-state index contributed by atoms with van der Waals surface area (Å²) in [5.74, 6) is 7.90. The van der Waals surface area contributed by atoms with Gasteiger partial charge in [-0.2, -0.15) is 0 Å². The van der Waals surface area contributed by atoms with E-state index in [-0.39, 0.29) is 5.82 Å². The van der Waals surface area contributed by atoms with Crippen molar-refractivity contribution in [1.82, 2.24) is 0 Å². The molecule has 0 heterocycles. The highest BCUT2D eigenvalue weighted by Gasteiger charge is 2.20. The molecule has 3 aromatic carbocycles. The van der Waals surface area contributed by atoms with Gasteiger partial charge in [0, 0.05) is 10.9 Å². The van der Waals surface area contributed by atoms with E-state index in [9.17, 15) is 0 Å². The van der Waals surface area contributed by atoms with Crippen LogP contribution in [0, 0.1) is 29.5 Å². The quantitative estimate of drug-likeness (QED) is 0.141. The topological polar surface area (TPSA) is 0 Å². The summed E-state index contributed by atoms with van der Waals surface area (Å²) in [6.07, 6.45) is 22.6. The molecule has 0 aliphatic heterocycles. The summed E-state index contributed by atoms with van der Waals surface area (Å²) >= 11 is 0. The smallest absolute Gasteiger partial charge is 0.146 e. The second-order valence-corrected chi connectivity index (χ2v) is 12.4. The van der Waals surface area contributed by atoms with E-state index in [0.717, 1.165) is 35.6 Å². The molecule has 0 nitrogen and oxygen atoms in total. The van der Waals surface area contributed by atoms with Gasteiger partial charge >= 0.3 is 0 Å². The highest BCUT2D eigenvalue weighted by Crippen LogP contribution is 2.34. The molecule has 1 heteroatoms.